The van der Waals surface area contributed by atoms with Gasteiger partial charge in [0.1, 0.15) is 11.9 Å². The number of imidazole rings is 1. The van der Waals surface area contributed by atoms with Gasteiger partial charge >= 0.3 is 5.97 Å². The Morgan fingerprint density at radius 1 is 1.79 bits per heavy atom. The zero-order valence-electron chi connectivity index (χ0n) is 8.18. The van der Waals surface area contributed by atoms with Crippen molar-refractivity contribution in [1.82, 2.24) is 9.55 Å². The lowest BCUT2D eigenvalue weighted by atomic mass is 10.2. The van der Waals surface area contributed by atoms with Crippen LogP contribution in [0.4, 0.5) is 0 Å². The molecule has 78 valence electrons. The van der Waals surface area contributed by atoms with Gasteiger partial charge in [0.25, 0.3) is 0 Å². The summed E-state index contributed by atoms with van der Waals surface area (Å²) < 4.78 is 1.93. The molecule has 1 heterocycles. The van der Waals surface area contributed by atoms with E-state index in [1.54, 1.807) is 6.20 Å². The Hall–Kier alpha value is -1.36. The Morgan fingerprint density at radius 3 is 3.07 bits per heavy atom. The van der Waals surface area contributed by atoms with Crippen molar-refractivity contribution in [3.05, 3.63) is 18.2 Å². The molecule has 0 amide bonds. The number of aryl methyl sites for hydroxylation is 2. The SMILES string of the molecule is CCc1nccn1CCC(N)C(=O)O. The van der Waals surface area contributed by atoms with E-state index in [2.05, 4.69) is 4.98 Å². The Bertz CT molecular complexity index is 309. The zero-order valence-corrected chi connectivity index (χ0v) is 8.18. The number of rotatable bonds is 5. The van der Waals surface area contributed by atoms with E-state index in [-0.39, 0.29) is 0 Å². The zero-order chi connectivity index (χ0) is 10.6. The molecule has 14 heavy (non-hydrogen) atoms. The minimum absolute atomic E-state index is 0.429. The topological polar surface area (TPSA) is 81.1 Å². The number of hydrogen-bond donors (Lipinski definition) is 2. The maximum absolute atomic E-state index is 10.5. The molecule has 0 aromatic carbocycles. The third kappa shape index (κ3) is 2.56. The van der Waals surface area contributed by atoms with Crippen molar-refractivity contribution in [3.8, 4) is 0 Å². The highest BCUT2D eigenvalue weighted by atomic mass is 16.4. The third-order valence-corrected chi connectivity index (χ3v) is 2.12. The average molecular weight is 197 g/mol. The van der Waals surface area contributed by atoms with Gasteiger partial charge in [0.05, 0.1) is 0 Å². The average Bonchev–Trinajstić information content (AvgIpc) is 2.60. The summed E-state index contributed by atoms with van der Waals surface area (Å²) in [5.41, 5.74) is 5.39. The molecule has 0 saturated heterocycles. The van der Waals surface area contributed by atoms with Gasteiger partial charge < -0.3 is 15.4 Å². The van der Waals surface area contributed by atoms with Crippen LogP contribution in [-0.4, -0.2) is 26.7 Å². The fraction of sp³-hybridized carbons (Fsp3) is 0.556. The van der Waals surface area contributed by atoms with Crippen LogP contribution >= 0.6 is 0 Å². The number of aliphatic carboxylic acids is 1. The maximum Gasteiger partial charge on any atom is 0.320 e. The normalized spacial score (nSPS) is 12.7. The molecule has 0 fully saturated rings. The predicted molar refractivity (Wildman–Crippen MR) is 51.8 cm³/mol. The van der Waals surface area contributed by atoms with Gasteiger partial charge in [-0.25, -0.2) is 4.98 Å². The lowest BCUT2D eigenvalue weighted by Gasteiger charge is -2.08. The Labute approximate surface area is 82.6 Å². The Kier molecular flexibility index (Phi) is 3.64. The first kappa shape index (κ1) is 10.7. The number of carboxylic acid groups (broad SMARTS) is 1. The van der Waals surface area contributed by atoms with Gasteiger partial charge in [-0.3, -0.25) is 4.79 Å². The van der Waals surface area contributed by atoms with Crippen LogP contribution in [0.3, 0.4) is 0 Å². The van der Waals surface area contributed by atoms with Crippen molar-refractivity contribution in [1.29, 1.82) is 0 Å². The fourth-order valence-corrected chi connectivity index (χ4v) is 1.26. The second-order valence-corrected chi connectivity index (χ2v) is 3.12. The fourth-order valence-electron chi connectivity index (χ4n) is 1.26. The standard InChI is InChI=1S/C9H15N3O2/c1-2-8-11-4-6-12(8)5-3-7(10)9(13)14/h4,6-7H,2-3,5,10H2,1H3,(H,13,14). The Morgan fingerprint density at radius 2 is 2.50 bits per heavy atom. The van der Waals surface area contributed by atoms with Crippen LogP contribution < -0.4 is 5.73 Å². The largest absolute Gasteiger partial charge is 0.480 e. The number of nitrogens with two attached hydrogens (primary N) is 1. The molecule has 0 aliphatic heterocycles. The van der Waals surface area contributed by atoms with Crippen molar-refractivity contribution in [2.45, 2.75) is 32.4 Å². The van der Waals surface area contributed by atoms with E-state index in [1.165, 1.54) is 0 Å². The van der Waals surface area contributed by atoms with E-state index in [1.807, 2.05) is 17.7 Å². The first-order chi connectivity index (χ1) is 6.65. The molecule has 0 spiro atoms. The second kappa shape index (κ2) is 4.76. The van der Waals surface area contributed by atoms with Crippen molar-refractivity contribution >= 4 is 5.97 Å². The first-order valence-electron chi connectivity index (χ1n) is 4.63. The summed E-state index contributed by atoms with van der Waals surface area (Å²) in [4.78, 5) is 14.6. The van der Waals surface area contributed by atoms with Crippen molar-refractivity contribution < 1.29 is 9.90 Å². The molecular weight excluding hydrogens is 182 g/mol. The summed E-state index contributed by atoms with van der Waals surface area (Å²) in [6.45, 7) is 2.62. The van der Waals surface area contributed by atoms with Crippen LogP contribution in [0.2, 0.25) is 0 Å². The lowest BCUT2D eigenvalue weighted by Crippen LogP contribution is -2.31. The summed E-state index contributed by atoms with van der Waals surface area (Å²) in [6, 6.07) is -0.790. The minimum Gasteiger partial charge on any atom is -0.480 e. The van der Waals surface area contributed by atoms with Gasteiger partial charge in [0.2, 0.25) is 0 Å². The van der Waals surface area contributed by atoms with Crippen LogP contribution in [0.5, 0.6) is 0 Å². The van der Waals surface area contributed by atoms with Crippen molar-refractivity contribution in [2.24, 2.45) is 5.73 Å². The number of nitrogens with zero attached hydrogens (tertiary/aromatic N) is 2. The van der Waals surface area contributed by atoms with E-state index in [9.17, 15) is 4.79 Å². The van der Waals surface area contributed by atoms with Crippen LogP contribution in [-0.2, 0) is 17.8 Å². The van der Waals surface area contributed by atoms with Gasteiger partial charge in [-0.1, -0.05) is 6.92 Å². The molecule has 0 saturated carbocycles. The molecule has 5 nitrogen and oxygen atoms in total. The van der Waals surface area contributed by atoms with Gasteiger partial charge in [-0.2, -0.15) is 0 Å². The highest BCUT2D eigenvalue weighted by Crippen LogP contribution is 2.01. The van der Waals surface area contributed by atoms with E-state index < -0.39 is 12.0 Å². The summed E-state index contributed by atoms with van der Waals surface area (Å²) in [7, 11) is 0. The summed E-state index contributed by atoms with van der Waals surface area (Å²) in [6.07, 6.45) is 4.83. The lowest BCUT2D eigenvalue weighted by molar-refractivity contribution is -0.138. The van der Waals surface area contributed by atoms with E-state index in [0.29, 0.717) is 13.0 Å². The van der Waals surface area contributed by atoms with Gasteiger partial charge in [-0.05, 0) is 6.42 Å². The number of aromatic nitrogens is 2. The highest BCUT2D eigenvalue weighted by Gasteiger charge is 2.11. The van der Waals surface area contributed by atoms with Crippen LogP contribution in [0, 0.1) is 0 Å². The molecule has 3 N–H and O–H groups in total. The second-order valence-electron chi connectivity index (χ2n) is 3.12. The van der Waals surface area contributed by atoms with Crippen LogP contribution in [0.25, 0.3) is 0 Å². The molecule has 0 aliphatic carbocycles. The summed E-state index contributed by atoms with van der Waals surface area (Å²) in [5.74, 6) is 0.00533. The van der Waals surface area contributed by atoms with Gasteiger partial charge in [0, 0.05) is 25.4 Å². The van der Waals surface area contributed by atoms with Gasteiger partial charge in [0.15, 0.2) is 0 Å². The molecule has 1 rings (SSSR count). The maximum atomic E-state index is 10.5. The number of hydrogen-bond acceptors (Lipinski definition) is 3. The van der Waals surface area contributed by atoms with Crippen LogP contribution in [0.1, 0.15) is 19.2 Å². The van der Waals surface area contributed by atoms with Crippen molar-refractivity contribution in [2.75, 3.05) is 0 Å². The smallest absolute Gasteiger partial charge is 0.320 e. The molecule has 0 bridgehead atoms. The third-order valence-electron chi connectivity index (χ3n) is 2.12. The summed E-state index contributed by atoms with van der Waals surface area (Å²) >= 11 is 0. The van der Waals surface area contributed by atoms with E-state index >= 15 is 0 Å². The molecule has 0 radical (unpaired) electrons. The quantitative estimate of drug-likeness (QED) is 0.708. The number of carboxylic acids is 1. The minimum atomic E-state index is -0.955. The van der Waals surface area contributed by atoms with Gasteiger partial charge in [-0.15, -0.1) is 0 Å². The monoisotopic (exact) mass is 197 g/mol. The van der Waals surface area contributed by atoms with Crippen molar-refractivity contribution in [3.63, 3.8) is 0 Å². The first-order valence-corrected chi connectivity index (χ1v) is 4.63. The molecular formula is C9H15N3O2. The van der Waals surface area contributed by atoms with E-state index in [4.69, 9.17) is 10.8 Å². The number of carbonyl (C=O) groups is 1. The molecule has 0 aliphatic rings. The molecule has 1 atom stereocenters. The van der Waals surface area contributed by atoms with E-state index in [0.717, 1.165) is 12.2 Å². The predicted octanol–water partition coefficient (Wildman–Crippen LogP) is 0.248. The molecule has 1 aromatic heterocycles. The Balaban J connectivity index is 2.49. The molecule has 1 unspecified atom stereocenters. The summed E-state index contributed by atoms with van der Waals surface area (Å²) in [5, 5.41) is 8.59. The van der Waals surface area contributed by atoms with Crippen LogP contribution in [0.15, 0.2) is 12.4 Å². The molecule has 5 heteroatoms. The highest BCUT2D eigenvalue weighted by molar-refractivity contribution is 5.72. The molecule has 1 aromatic rings.